The smallest absolute Gasteiger partial charge is 0.222 e. The first-order valence-electron chi connectivity index (χ1n) is 7.63. The maximum atomic E-state index is 11.8. The van der Waals surface area contributed by atoms with Crippen molar-refractivity contribution in [3.05, 3.63) is 29.8 Å². The number of piperidine rings is 1. The Balaban J connectivity index is 1.80. The van der Waals surface area contributed by atoms with Gasteiger partial charge in [0.25, 0.3) is 0 Å². The van der Waals surface area contributed by atoms with Crippen LogP contribution in [-0.4, -0.2) is 31.0 Å². The van der Waals surface area contributed by atoms with Crippen LogP contribution in [0.2, 0.25) is 0 Å². The lowest BCUT2D eigenvalue weighted by Gasteiger charge is -2.32. The predicted octanol–water partition coefficient (Wildman–Crippen LogP) is 3.28. The van der Waals surface area contributed by atoms with E-state index in [0.29, 0.717) is 18.2 Å². The van der Waals surface area contributed by atoms with Crippen molar-refractivity contribution in [1.82, 2.24) is 4.90 Å². The molecule has 1 aliphatic heterocycles. The Bertz CT molecular complexity index is 419. The van der Waals surface area contributed by atoms with Crippen LogP contribution in [0.1, 0.15) is 38.2 Å². The summed E-state index contributed by atoms with van der Waals surface area (Å²) in [5, 5.41) is 0. The largest absolute Gasteiger partial charge is 0.497 e. The van der Waals surface area contributed by atoms with Gasteiger partial charge in [-0.1, -0.05) is 19.1 Å². The van der Waals surface area contributed by atoms with E-state index in [-0.39, 0.29) is 0 Å². The molecule has 1 aromatic rings. The van der Waals surface area contributed by atoms with Crippen molar-refractivity contribution >= 4 is 5.91 Å². The number of hydrogen-bond acceptors (Lipinski definition) is 2. The van der Waals surface area contributed by atoms with E-state index in [0.717, 1.165) is 44.5 Å². The molecular formula is C17H25NO2. The second-order valence-electron chi connectivity index (χ2n) is 5.63. The first kappa shape index (κ1) is 14.9. The summed E-state index contributed by atoms with van der Waals surface area (Å²) in [5.41, 5.74) is 1.36. The topological polar surface area (TPSA) is 29.5 Å². The zero-order valence-electron chi connectivity index (χ0n) is 12.6. The SMILES string of the molecule is CCCC(=O)N1CCC(Cc2ccc(OC)cc2)CC1. The van der Waals surface area contributed by atoms with Crippen LogP contribution in [-0.2, 0) is 11.2 Å². The molecule has 2 rings (SSSR count). The molecule has 0 aromatic heterocycles. The van der Waals surface area contributed by atoms with Crippen LogP contribution < -0.4 is 4.74 Å². The minimum absolute atomic E-state index is 0.329. The number of methoxy groups -OCH3 is 1. The van der Waals surface area contributed by atoms with Gasteiger partial charge >= 0.3 is 0 Å². The number of hydrogen-bond donors (Lipinski definition) is 0. The van der Waals surface area contributed by atoms with Gasteiger partial charge in [-0.05, 0) is 49.3 Å². The highest BCUT2D eigenvalue weighted by molar-refractivity contribution is 5.76. The van der Waals surface area contributed by atoms with E-state index in [9.17, 15) is 4.79 Å². The van der Waals surface area contributed by atoms with Gasteiger partial charge in [0.05, 0.1) is 7.11 Å². The molecule has 0 atom stereocenters. The molecule has 0 aliphatic carbocycles. The maximum Gasteiger partial charge on any atom is 0.222 e. The Kier molecular flexibility index (Phi) is 5.45. The summed E-state index contributed by atoms with van der Waals surface area (Å²) < 4.78 is 5.18. The number of rotatable bonds is 5. The summed E-state index contributed by atoms with van der Waals surface area (Å²) >= 11 is 0. The number of carbonyl (C=O) groups excluding carboxylic acids is 1. The number of amides is 1. The standard InChI is InChI=1S/C17H25NO2/c1-3-4-17(19)18-11-9-15(10-12-18)13-14-5-7-16(20-2)8-6-14/h5-8,15H,3-4,9-13H2,1-2H3. The van der Waals surface area contributed by atoms with E-state index in [4.69, 9.17) is 4.74 Å². The van der Waals surface area contributed by atoms with Gasteiger partial charge < -0.3 is 9.64 Å². The van der Waals surface area contributed by atoms with E-state index in [1.807, 2.05) is 17.0 Å². The molecule has 1 amide bonds. The second-order valence-corrected chi connectivity index (χ2v) is 5.63. The number of benzene rings is 1. The molecule has 3 nitrogen and oxygen atoms in total. The Labute approximate surface area is 121 Å². The average Bonchev–Trinajstić information content (AvgIpc) is 2.49. The minimum atomic E-state index is 0.329. The van der Waals surface area contributed by atoms with Gasteiger partial charge in [-0.15, -0.1) is 0 Å². The lowest BCUT2D eigenvalue weighted by atomic mass is 9.90. The predicted molar refractivity (Wildman–Crippen MR) is 80.9 cm³/mol. The monoisotopic (exact) mass is 275 g/mol. The highest BCUT2D eigenvalue weighted by Crippen LogP contribution is 2.23. The van der Waals surface area contributed by atoms with Crippen molar-refractivity contribution in [2.75, 3.05) is 20.2 Å². The van der Waals surface area contributed by atoms with Gasteiger partial charge in [0.1, 0.15) is 5.75 Å². The Morgan fingerprint density at radius 3 is 2.45 bits per heavy atom. The van der Waals surface area contributed by atoms with E-state index < -0.39 is 0 Å². The molecule has 1 fully saturated rings. The Morgan fingerprint density at radius 1 is 1.25 bits per heavy atom. The quantitative estimate of drug-likeness (QED) is 0.825. The molecule has 1 heterocycles. The molecule has 3 heteroatoms. The van der Waals surface area contributed by atoms with Crippen molar-refractivity contribution in [2.45, 2.75) is 39.0 Å². The fourth-order valence-electron chi connectivity index (χ4n) is 2.85. The second kappa shape index (κ2) is 7.32. The third-order valence-corrected chi connectivity index (χ3v) is 4.11. The molecule has 0 N–H and O–H groups in total. The van der Waals surface area contributed by atoms with Gasteiger partial charge in [0.2, 0.25) is 5.91 Å². The highest BCUT2D eigenvalue weighted by Gasteiger charge is 2.22. The van der Waals surface area contributed by atoms with Crippen LogP contribution in [0.5, 0.6) is 5.75 Å². The van der Waals surface area contributed by atoms with Crippen molar-refractivity contribution in [3.8, 4) is 5.75 Å². The van der Waals surface area contributed by atoms with Crippen LogP contribution in [0.4, 0.5) is 0 Å². The van der Waals surface area contributed by atoms with Crippen LogP contribution >= 0.6 is 0 Å². The van der Waals surface area contributed by atoms with Crippen LogP contribution in [0.3, 0.4) is 0 Å². The van der Waals surface area contributed by atoms with Crippen LogP contribution in [0.15, 0.2) is 24.3 Å². The van der Waals surface area contributed by atoms with Crippen molar-refractivity contribution in [1.29, 1.82) is 0 Å². The molecule has 110 valence electrons. The summed E-state index contributed by atoms with van der Waals surface area (Å²) in [7, 11) is 1.69. The molecular weight excluding hydrogens is 250 g/mol. The number of carbonyl (C=O) groups is 1. The molecule has 0 bridgehead atoms. The molecule has 1 aliphatic rings. The van der Waals surface area contributed by atoms with Crippen molar-refractivity contribution < 1.29 is 9.53 Å². The first-order chi connectivity index (χ1) is 9.72. The zero-order chi connectivity index (χ0) is 14.4. The van der Waals surface area contributed by atoms with Crippen LogP contribution in [0.25, 0.3) is 0 Å². The van der Waals surface area contributed by atoms with E-state index >= 15 is 0 Å². The Hall–Kier alpha value is -1.51. The molecule has 1 aromatic carbocycles. The molecule has 1 saturated heterocycles. The summed E-state index contributed by atoms with van der Waals surface area (Å²) in [6.45, 7) is 3.92. The lowest BCUT2D eigenvalue weighted by molar-refractivity contribution is -0.132. The minimum Gasteiger partial charge on any atom is -0.497 e. The average molecular weight is 275 g/mol. The van der Waals surface area contributed by atoms with Gasteiger partial charge in [0, 0.05) is 19.5 Å². The van der Waals surface area contributed by atoms with E-state index in [1.165, 1.54) is 5.56 Å². The van der Waals surface area contributed by atoms with Gasteiger partial charge in [-0.25, -0.2) is 0 Å². The fourth-order valence-corrected chi connectivity index (χ4v) is 2.85. The molecule has 0 unspecified atom stereocenters. The zero-order valence-corrected chi connectivity index (χ0v) is 12.6. The summed E-state index contributed by atoms with van der Waals surface area (Å²) in [4.78, 5) is 13.9. The molecule has 0 radical (unpaired) electrons. The van der Waals surface area contributed by atoms with Gasteiger partial charge in [-0.3, -0.25) is 4.79 Å². The fraction of sp³-hybridized carbons (Fsp3) is 0.588. The van der Waals surface area contributed by atoms with Gasteiger partial charge in [-0.2, -0.15) is 0 Å². The number of likely N-dealkylation sites (tertiary alicyclic amines) is 1. The first-order valence-corrected chi connectivity index (χ1v) is 7.63. The van der Waals surface area contributed by atoms with Crippen molar-refractivity contribution in [3.63, 3.8) is 0 Å². The third-order valence-electron chi connectivity index (χ3n) is 4.11. The summed E-state index contributed by atoms with van der Waals surface area (Å²) in [6, 6.07) is 8.34. The Morgan fingerprint density at radius 2 is 1.90 bits per heavy atom. The third kappa shape index (κ3) is 3.99. The summed E-state index contributed by atoms with van der Waals surface area (Å²) in [6.07, 6.45) is 5.01. The van der Waals surface area contributed by atoms with E-state index in [2.05, 4.69) is 19.1 Å². The normalized spacial score (nSPS) is 16.2. The lowest BCUT2D eigenvalue weighted by Crippen LogP contribution is -2.38. The number of nitrogens with zero attached hydrogens (tertiary/aromatic N) is 1. The van der Waals surface area contributed by atoms with Crippen molar-refractivity contribution in [2.24, 2.45) is 5.92 Å². The molecule has 20 heavy (non-hydrogen) atoms. The number of ether oxygens (including phenoxy) is 1. The van der Waals surface area contributed by atoms with Crippen LogP contribution in [0, 0.1) is 5.92 Å². The summed E-state index contributed by atoms with van der Waals surface area (Å²) in [5.74, 6) is 1.94. The molecule has 0 spiro atoms. The van der Waals surface area contributed by atoms with E-state index in [1.54, 1.807) is 7.11 Å². The highest BCUT2D eigenvalue weighted by atomic mass is 16.5. The molecule has 0 saturated carbocycles. The van der Waals surface area contributed by atoms with Gasteiger partial charge in [0.15, 0.2) is 0 Å². The maximum absolute atomic E-state index is 11.8.